The summed E-state index contributed by atoms with van der Waals surface area (Å²) in [5, 5.41) is 0. The fourth-order valence-electron chi connectivity index (χ4n) is 11.3. The summed E-state index contributed by atoms with van der Waals surface area (Å²) >= 11 is 0. The maximum absolute atomic E-state index is 2.37. The monoisotopic (exact) mass is 1350 g/mol. The summed E-state index contributed by atoms with van der Waals surface area (Å²) < 4.78 is 0. The molecule has 0 radical (unpaired) electrons. The van der Waals surface area contributed by atoms with Gasteiger partial charge in [0, 0.05) is 0 Å². The first kappa shape index (κ1) is 98.1. The zero-order valence-electron chi connectivity index (χ0n) is 74.9. The predicted octanol–water partition coefficient (Wildman–Crippen LogP) is 34.3. The molecule has 0 aromatic carbocycles. The van der Waals surface area contributed by atoms with Crippen molar-refractivity contribution in [2.24, 2.45) is 144 Å². The average molecular weight is 1350 g/mol. The largest absolute Gasteiger partial charge is 0.0654 e. The highest BCUT2D eigenvalue weighted by molar-refractivity contribution is 5.10. The molecule has 14 aliphatic carbocycles. The lowest BCUT2D eigenvalue weighted by molar-refractivity contribution is 0.190. The van der Waals surface area contributed by atoms with Gasteiger partial charge in [-0.05, 0) is 240 Å². The van der Waals surface area contributed by atoms with Gasteiger partial charge in [-0.15, -0.1) is 0 Å². The molecule has 0 nitrogen and oxygen atoms in total. The Balaban J connectivity index is 0. The Kier molecular flexibility index (Phi) is 48.5. The molecule has 580 valence electrons. The second kappa shape index (κ2) is 47.5. The minimum atomic E-state index is 0.542. The van der Waals surface area contributed by atoms with Crippen molar-refractivity contribution < 1.29 is 0 Å². The molecule has 0 N–H and O–H groups in total. The first-order valence-corrected chi connectivity index (χ1v) is 44.2. The third-order valence-electron chi connectivity index (χ3n) is 28.4. The quantitative estimate of drug-likeness (QED) is 0.205. The van der Waals surface area contributed by atoms with Crippen LogP contribution in [0, 0.1) is 144 Å². The maximum Gasteiger partial charge on any atom is -0.0268 e. The van der Waals surface area contributed by atoms with Gasteiger partial charge in [0.15, 0.2) is 0 Å². The minimum Gasteiger partial charge on any atom is -0.0654 e. The SMILES string of the molecule is CC(C)C1CC1.CC1(C)CCC1.CC1C(C)C1C.CC1CC1(C)C.CC1CC[C@H]1C.CCC(C)(C)C.CCC(C)(C)C.CCC(C)CC.CCC1(C)CC1.CCC1(C)CC1.CCC1CC1C.CCC1CCC1.CCC1C[C@@H]1C.CCCC1CC1.C[C@H]1CC1(C)C.C[C@H]1CC12CC2. The molecule has 0 aromatic heterocycles. The molecule has 14 aliphatic rings. The molecule has 0 aliphatic heterocycles. The van der Waals surface area contributed by atoms with Gasteiger partial charge in [-0.25, -0.2) is 0 Å². The summed E-state index contributed by atoms with van der Waals surface area (Å²) in [5.74, 6) is 17.8. The van der Waals surface area contributed by atoms with Gasteiger partial charge in [0.1, 0.15) is 0 Å². The van der Waals surface area contributed by atoms with E-state index in [1.807, 2.05) is 0 Å². The molecule has 14 saturated carbocycles. The molecule has 0 amide bonds. The molecule has 14 rings (SSSR count). The molecule has 96 heavy (non-hydrogen) atoms. The number of hydrogen-bond acceptors (Lipinski definition) is 0. The fraction of sp³-hybridized carbons (Fsp3) is 1.00. The first-order valence-electron chi connectivity index (χ1n) is 44.2. The van der Waals surface area contributed by atoms with Crippen LogP contribution in [0.25, 0.3) is 0 Å². The normalized spacial score (nSPS) is 31.0. The lowest BCUT2D eigenvalue weighted by atomic mass is 9.72. The Hall–Kier alpha value is 0. The van der Waals surface area contributed by atoms with Crippen LogP contribution in [0.15, 0.2) is 0 Å². The third kappa shape index (κ3) is 54.6. The zero-order chi connectivity index (χ0) is 74.9. The summed E-state index contributed by atoms with van der Waals surface area (Å²) in [6.07, 6.45) is 49.4. The lowest BCUT2D eigenvalue weighted by Crippen LogP contribution is -2.20. The second-order valence-electron chi connectivity index (χ2n) is 42.1. The fourth-order valence-corrected chi connectivity index (χ4v) is 11.3. The van der Waals surface area contributed by atoms with Gasteiger partial charge in [0.2, 0.25) is 0 Å². The van der Waals surface area contributed by atoms with E-state index in [4.69, 9.17) is 0 Å². The van der Waals surface area contributed by atoms with E-state index in [9.17, 15) is 0 Å². The van der Waals surface area contributed by atoms with Gasteiger partial charge in [-0.1, -0.05) is 378 Å². The molecule has 14 fully saturated rings. The molecular formula is C96H196. The Morgan fingerprint density at radius 2 is 0.677 bits per heavy atom. The number of rotatable bonds is 10. The number of hydrogen-bond donors (Lipinski definition) is 0. The molecule has 0 heterocycles. The molecular weight excluding hydrogens is 1150 g/mol. The van der Waals surface area contributed by atoms with Gasteiger partial charge in [-0.3, -0.25) is 0 Å². The van der Waals surface area contributed by atoms with Crippen molar-refractivity contribution in [3.8, 4) is 0 Å². The molecule has 1 spiro atoms. The van der Waals surface area contributed by atoms with E-state index in [1.54, 1.807) is 19.3 Å². The van der Waals surface area contributed by atoms with Crippen LogP contribution >= 0.6 is 0 Å². The van der Waals surface area contributed by atoms with Gasteiger partial charge in [0.25, 0.3) is 0 Å². The van der Waals surface area contributed by atoms with Crippen molar-refractivity contribution >= 4 is 0 Å². The van der Waals surface area contributed by atoms with Crippen LogP contribution in [0.5, 0.6) is 0 Å². The summed E-state index contributed by atoms with van der Waals surface area (Å²) in [6.45, 7) is 84.7. The third-order valence-corrected chi connectivity index (χ3v) is 28.4. The van der Waals surface area contributed by atoms with Crippen molar-refractivity contribution in [1.29, 1.82) is 0 Å². The topological polar surface area (TPSA) is 0 Å². The molecule has 9 atom stereocenters. The zero-order valence-corrected chi connectivity index (χ0v) is 74.9. The van der Waals surface area contributed by atoms with Crippen LogP contribution < -0.4 is 0 Å². The van der Waals surface area contributed by atoms with E-state index in [0.717, 1.165) is 122 Å². The summed E-state index contributed by atoms with van der Waals surface area (Å²) in [6, 6.07) is 0. The summed E-state index contributed by atoms with van der Waals surface area (Å²) in [5.41, 5.74) is 5.76. The predicted molar refractivity (Wildman–Crippen MR) is 446 cm³/mol. The van der Waals surface area contributed by atoms with Gasteiger partial charge < -0.3 is 0 Å². The van der Waals surface area contributed by atoms with Crippen LogP contribution in [0.2, 0.25) is 0 Å². The van der Waals surface area contributed by atoms with Crippen LogP contribution in [0.3, 0.4) is 0 Å². The molecule has 5 unspecified atom stereocenters. The van der Waals surface area contributed by atoms with Crippen molar-refractivity contribution in [3.63, 3.8) is 0 Å². The van der Waals surface area contributed by atoms with Crippen molar-refractivity contribution in [3.05, 3.63) is 0 Å². The highest BCUT2D eigenvalue weighted by Crippen LogP contribution is 2.70. The smallest absolute Gasteiger partial charge is 0.0268 e. The van der Waals surface area contributed by atoms with E-state index in [-0.39, 0.29) is 0 Å². The van der Waals surface area contributed by atoms with E-state index < -0.39 is 0 Å². The average Bonchev–Trinajstić information content (AvgIpc) is 1.56. The standard InChI is InChI=1S/C6H10.12C6H12.3C6H14/c1-5-4-6(5)2-3-6;2*1-5-4-6(5,2)3;1-6(2)4-3-5-6;1-5-3-4-6(5)2;1-5(2)6-3-4-6;1-4-5(2)6(4)3;2*1-3-6(2)4-5-6;2*1-3-6-4-5(6)2;1-2-6-4-3-5-6;1-2-3-6-4-5-6;2*1-5-6(2,3)4;1-4-6(3)5-2/h5H,2-4H2,1H3;2*5H,4H2,1-3H3;3-5H2,1-2H3;2*5-6H,3-4H2,1-2H3;4-6H,1-3H3;2*3-5H2,1-2H3;2*5-6H,3-4H2,1-2H3;2*6H,2-5H2,1H3;2*5H2,1-4H3;6H,4-5H2,1-3H3/t2*5-;;;5-,6?;;;;;5-,6?;;;;;;/m00..1....0....../s1. The van der Waals surface area contributed by atoms with Gasteiger partial charge in [0.05, 0.1) is 0 Å². The van der Waals surface area contributed by atoms with Crippen LogP contribution in [-0.2, 0) is 0 Å². The van der Waals surface area contributed by atoms with Crippen LogP contribution in [0.4, 0.5) is 0 Å². The lowest BCUT2D eigenvalue weighted by Gasteiger charge is -2.33. The highest BCUT2D eigenvalue weighted by Gasteiger charge is 2.59. The molecule has 0 aromatic rings. The maximum atomic E-state index is 2.37. The van der Waals surface area contributed by atoms with E-state index in [0.29, 0.717) is 21.7 Å². The van der Waals surface area contributed by atoms with Gasteiger partial charge in [-0.2, -0.15) is 0 Å². The minimum absolute atomic E-state index is 0.542. The Morgan fingerprint density at radius 1 is 0.375 bits per heavy atom. The molecule has 0 saturated heterocycles. The molecule has 0 bridgehead atoms. The highest BCUT2D eigenvalue weighted by atomic mass is 14.6. The van der Waals surface area contributed by atoms with Crippen LogP contribution in [0.1, 0.15) is 474 Å². The Labute approximate surface area is 614 Å². The van der Waals surface area contributed by atoms with Crippen molar-refractivity contribution in [2.45, 2.75) is 474 Å². The first-order chi connectivity index (χ1) is 44.2. The molecule has 0 heteroatoms. The van der Waals surface area contributed by atoms with Gasteiger partial charge >= 0.3 is 0 Å². The Morgan fingerprint density at radius 3 is 0.688 bits per heavy atom. The van der Waals surface area contributed by atoms with E-state index in [2.05, 4.69) is 256 Å². The Bertz CT molecular complexity index is 1590. The van der Waals surface area contributed by atoms with E-state index in [1.165, 1.54) is 199 Å². The summed E-state index contributed by atoms with van der Waals surface area (Å²) in [4.78, 5) is 0. The van der Waals surface area contributed by atoms with Crippen LogP contribution in [-0.4, -0.2) is 0 Å². The van der Waals surface area contributed by atoms with Crippen molar-refractivity contribution in [2.75, 3.05) is 0 Å². The van der Waals surface area contributed by atoms with E-state index >= 15 is 0 Å². The second-order valence-corrected chi connectivity index (χ2v) is 42.1. The summed E-state index contributed by atoms with van der Waals surface area (Å²) in [7, 11) is 0. The van der Waals surface area contributed by atoms with Crippen molar-refractivity contribution in [1.82, 2.24) is 0 Å².